The number of hydrogen-bond acceptors (Lipinski definition) is 6. The third-order valence-corrected chi connectivity index (χ3v) is 5.30. The Bertz CT molecular complexity index is 1060. The van der Waals surface area contributed by atoms with Crippen molar-refractivity contribution in [2.24, 2.45) is 0 Å². The average molecular weight is 405 g/mol. The molecule has 2 N–H and O–H groups in total. The maximum Gasteiger partial charge on any atom is 0.269 e. The number of amides is 1. The van der Waals surface area contributed by atoms with E-state index in [0.717, 1.165) is 49.4 Å². The highest BCUT2D eigenvalue weighted by Crippen LogP contribution is 2.29. The number of aromatic nitrogens is 1. The lowest BCUT2D eigenvalue weighted by molar-refractivity contribution is 0.0383. The number of rotatable bonds is 6. The minimum atomic E-state index is -0.195. The maximum atomic E-state index is 12.3. The number of carbonyl (C=O) groups excluding carboxylic acids is 2. The number of benzene rings is 2. The summed E-state index contributed by atoms with van der Waals surface area (Å²) in [5.41, 5.74) is 2.43. The van der Waals surface area contributed by atoms with E-state index in [1.165, 1.54) is 6.07 Å². The van der Waals surface area contributed by atoms with E-state index in [9.17, 15) is 14.7 Å². The fourth-order valence-electron chi connectivity index (χ4n) is 3.59. The minimum absolute atomic E-state index is 0.0316. The van der Waals surface area contributed by atoms with Crippen LogP contribution in [0.5, 0.6) is 5.75 Å². The van der Waals surface area contributed by atoms with Gasteiger partial charge in [-0.2, -0.15) is 0 Å². The van der Waals surface area contributed by atoms with Crippen LogP contribution in [-0.2, 0) is 4.74 Å². The lowest BCUT2D eigenvalue weighted by atomic mass is 9.99. The van der Waals surface area contributed by atoms with Crippen molar-refractivity contribution in [2.45, 2.75) is 0 Å². The first-order valence-electron chi connectivity index (χ1n) is 9.91. The summed E-state index contributed by atoms with van der Waals surface area (Å²) in [6, 6.07) is 12.4. The summed E-state index contributed by atoms with van der Waals surface area (Å²) in [7, 11) is 0. The van der Waals surface area contributed by atoms with Crippen molar-refractivity contribution in [2.75, 3.05) is 39.4 Å². The number of nitrogens with one attached hydrogen (secondary N) is 1. The molecule has 0 atom stereocenters. The van der Waals surface area contributed by atoms with Gasteiger partial charge < -0.3 is 15.2 Å². The normalized spacial score (nSPS) is 14.5. The first kappa shape index (κ1) is 20.0. The number of ether oxygens (including phenoxy) is 1. The topological polar surface area (TPSA) is 91.8 Å². The first-order chi connectivity index (χ1) is 14.7. The lowest BCUT2D eigenvalue weighted by Gasteiger charge is -2.26. The molecule has 3 aromatic rings. The van der Waals surface area contributed by atoms with Crippen LogP contribution < -0.4 is 5.32 Å². The smallest absolute Gasteiger partial charge is 0.269 e. The van der Waals surface area contributed by atoms with Gasteiger partial charge in [0.15, 0.2) is 6.29 Å². The standard InChI is InChI=1S/C23H23N3O4/c27-15-20-19-4-1-16(13-17(19)3-6-22(20)28)18-2-5-21(25-14-18)23(29)24-7-8-26-9-11-30-12-10-26/h1-6,13-15,28H,7-12H2,(H,24,29). The summed E-state index contributed by atoms with van der Waals surface area (Å²) < 4.78 is 5.32. The van der Waals surface area contributed by atoms with Crippen molar-refractivity contribution in [1.29, 1.82) is 0 Å². The zero-order valence-electron chi connectivity index (χ0n) is 16.5. The molecule has 0 unspecified atom stereocenters. The summed E-state index contributed by atoms with van der Waals surface area (Å²) in [6.45, 7) is 4.62. The molecule has 2 aromatic carbocycles. The highest BCUT2D eigenvalue weighted by atomic mass is 16.5. The molecule has 1 aliphatic rings. The van der Waals surface area contributed by atoms with Crippen LogP contribution in [0.15, 0.2) is 48.7 Å². The number of hydrogen-bond donors (Lipinski definition) is 2. The quantitative estimate of drug-likeness (QED) is 0.612. The Morgan fingerprint density at radius 2 is 1.93 bits per heavy atom. The van der Waals surface area contributed by atoms with Crippen molar-refractivity contribution in [1.82, 2.24) is 15.2 Å². The summed E-state index contributed by atoms with van der Waals surface area (Å²) in [5, 5.41) is 14.3. The number of carbonyl (C=O) groups is 2. The van der Waals surface area contributed by atoms with Gasteiger partial charge in [-0.25, -0.2) is 0 Å². The van der Waals surface area contributed by atoms with E-state index in [-0.39, 0.29) is 17.2 Å². The number of aldehydes is 1. The van der Waals surface area contributed by atoms with Crippen LogP contribution in [0, 0.1) is 0 Å². The van der Waals surface area contributed by atoms with Gasteiger partial charge in [0.2, 0.25) is 0 Å². The van der Waals surface area contributed by atoms with Gasteiger partial charge >= 0.3 is 0 Å². The Labute approximate surface area is 174 Å². The maximum absolute atomic E-state index is 12.3. The SMILES string of the molecule is O=Cc1c(O)ccc2cc(-c3ccc(C(=O)NCCN4CCOCC4)nc3)ccc12. The van der Waals surface area contributed by atoms with E-state index < -0.39 is 0 Å². The highest BCUT2D eigenvalue weighted by Gasteiger charge is 2.12. The van der Waals surface area contributed by atoms with Crippen molar-refractivity contribution in [3.63, 3.8) is 0 Å². The largest absolute Gasteiger partial charge is 0.507 e. The second kappa shape index (κ2) is 9.02. The molecule has 154 valence electrons. The molecule has 0 radical (unpaired) electrons. The Morgan fingerprint density at radius 3 is 2.67 bits per heavy atom. The predicted octanol–water partition coefficient (Wildman–Crippen LogP) is 2.48. The third kappa shape index (κ3) is 4.32. The van der Waals surface area contributed by atoms with E-state index in [0.29, 0.717) is 23.9 Å². The second-order valence-electron chi connectivity index (χ2n) is 7.19. The Hall–Kier alpha value is -3.29. The molecule has 7 heteroatoms. The fourth-order valence-corrected chi connectivity index (χ4v) is 3.59. The molecular formula is C23H23N3O4. The fraction of sp³-hybridized carbons (Fsp3) is 0.261. The molecule has 2 heterocycles. The molecule has 1 aromatic heterocycles. The number of pyridine rings is 1. The van der Waals surface area contributed by atoms with Gasteiger partial charge in [0, 0.05) is 37.9 Å². The predicted molar refractivity (Wildman–Crippen MR) is 114 cm³/mol. The average Bonchev–Trinajstić information content (AvgIpc) is 2.79. The van der Waals surface area contributed by atoms with Gasteiger partial charge in [-0.1, -0.05) is 24.3 Å². The van der Waals surface area contributed by atoms with Gasteiger partial charge in [0.05, 0.1) is 18.8 Å². The molecule has 1 fully saturated rings. The summed E-state index contributed by atoms with van der Waals surface area (Å²) in [5.74, 6) is -0.227. The van der Waals surface area contributed by atoms with E-state index in [1.807, 2.05) is 18.2 Å². The van der Waals surface area contributed by atoms with Crippen LogP contribution in [0.3, 0.4) is 0 Å². The van der Waals surface area contributed by atoms with Gasteiger partial charge in [-0.15, -0.1) is 0 Å². The molecule has 1 amide bonds. The second-order valence-corrected chi connectivity index (χ2v) is 7.19. The molecule has 1 aliphatic heterocycles. The monoisotopic (exact) mass is 405 g/mol. The lowest BCUT2D eigenvalue weighted by Crippen LogP contribution is -2.41. The van der Waals surface area contributed by atoms with E-state index in [4.69, 9.17) is 4.74 Å². The molecule has 4 rings (SSSR count). The number of nitrogens with zero attached hydrogens (tertiary/aromatic N) is 2. The number of fused-ring (bicyclic) bond motifs is 1. The van der Waals surface area contributed by atoms with Gasteiger partial charge in [0.1, 0.15) is 11.4 Å². The molecule has 0 bridgehead atoms. The van der Waals surface area contributed by atoms with Crippen molar-refractivity contribution in [3.05, 3.63) is 59.9 Å². The Kier molecular flexibility index (Phi) is 6.02. The summed E-state index contributed by atoms with van der Waals surface area (Å²) in [4.78, 5) is 30.2. The molecular weight excluding hydrogens is 382 g/mol. The molecule has 0 aliphatic carbocycles. The van der Waals surface area contributed by atoms with Crippen LogP contribution >= 0.6 is 0 Å². The molecule has 30 heavy (non-hydrogen) atoms. The summed E-state index contributed by atoms with van der Waals surface area (Å²) >= 11 is 0. The number of aromatic hydroxyl groups is 1. The van der Waals surface area contributed by atoms with Crippen molar-refractivity contribution >= 4 is 23.0 Å². The number of phenolic OH excluding ortho intramolecular Hbond substituents is 1. The van der Waals surface area contributed by atoms with Gasteiger partial charge in [-0.3, -0.25) is 19.5 Å². The van der Waals surface area contributed by atoms with Crippen LogP contribution in [0.25, 0.3) is 21.9 Å². The molecule has 7 nitrogen and oxygen atoms in total. The van der Waals surface area contributed by atoms with Crippen LogP contribution in [-0.4, -0.2) is 66.6 Å². The van der Waals surface area contributed by atoms with E-state index >= 15 is 0 Å². The van der Waals surface area contributed by atoms with Gasteiger partial charge in [-0.05, 0) is 34.5 Å². The summed E-state index contributed by atoms with van der Waals surface area (Å²) in [6.07, 6.45) is 2.32. The van der Waals surface area contributed by atoms with Crippen LogP contribution in [0.4, 0.5) is 0 Å². The molecule has 0 saturated carbocycles. The zero-order chi connectivity index (χ0) is 20.9. The minimum Gasteiger partial charge on any atom is -0.507 e. The number of phenols is 1. The van der Waals surface area contributed by atoms with Crippen molar-refractivity contribution < 1.29 is 19.4 Å². The van der Waals surface area contributed by atoms with Crippen LogP contribution in [0.2, 0.25) is 0 Å². The Balaban J connectivity index is 1.43. The Morgan fingerprint density at radius 1 is 1.13 bits per heavy atom. The highest BCUT2D eigenvalue weighted by molar-refractivity contribution is 6.02. The first-order valence-corrected chi connectivity index (χ1v) is 9.91. The van der Waals surface area contributed by atoms with E-state index in [2.05, 4.69) is 15.2 Å². The zero-order valence-corrected chi connectivity index (χ0v) is 16.5. The molecule has 1 saturated heterocycles. The van der Waals surface area contributed by atoms with Crippen molar-refractivity contribution in [3.8, 4) is 16.9 Å². The third-order valence-electron chi connectivity index (χ3n) is 5.30. The number of morpholine rings is 1. The molecule has 0 spiro atoms. The van der Waals surface area contributed by atoms with E-state index in [1.54, 1.807) is 24.4 Å². The van der Waals surface area contributed by atoms with Gasteiger partial charge in [0.25, 0.3) is 5.91 Å². The van der Waals surface area contributed by atoms with Crippen LogP contribution in [0.1, 0.15) is 20.8 Å².